The molecule has 3 rings (SSSR count). The molecule has 1 amide bonds. The number of furan rings is 1. The Morgan fingerprint density at radius 2 is 1.82 bits per heavy atom. The van der Waals surface area contributed by atoms with E-state index >= 15 is 0 Å². The van der Waals surface area contributed by atoms with Crippen molar-refractivity contribution < 1.29 is 13.9 Å². The zero-order chi connectivity index (χ0) is 20.1. The molecule has 5 heteroatoms. The number of hydrogen-bond acceptors (Lipinski definition) is 4. The highest BCUT2D eigenvalue weighted by atomic mass is 16.5. The molecule has 0 bridgehead atoms. The number of aromatic nitrogens is 1. The maximum Gasteiger partial charge on any atom is 0.266 e. The highest BCUT2D eigenvalue weighted by molar-refractivity contribution is 5.93. The average Bonchev–Trinajstić information content (AvgIpc) is 3.09. The summed E-state index contributed by atoms with van der Waals surface area (Å²) in [6.45, 7) is 8.58. The molecule has 0 aliphatic carbocycles. The largest absolute Gasteiger partial charge is 0.484 e. The van der Waals surface area contributed by atoms with Gasteiger partial charge in [-0.3, -0.25) is 9.69 Å². The van der Waals surface area contributed by atoms with Crippen LogP contribution in [-0.2, 0) is 16.8 Å². The summed E-state index contributed by atoms with van der Waals surface area (Å²) in [5, 5.41) is 0. The van der Waals surface area contributed by atoms with E-state index in [2.05, 4.69) is 25.8 Å². The minimum Gasteiger partial charge on any atom is -0.484 e. The van der Waals surface area contributed by atoms with E-state index in [4.69, 9.17) is 9.15 Å². The number of amides is 1. The van der Waals surface area contributed by atoms with E-state index in [0.29, 0.717) is 23.9 Å². The van der Waals surface area contributed by atoms with Crippen molar-refractivity contribution in [3.05, 3.63) is 77.9 Å². The quantitative estimate of drug-likeness (QED) is 0.613. The van der Waals surface area contributed by atoms with Crippen molar-refractivity contribution in [2.75, 3.05) is 11.5 Å². The molecule has 2 heterocycles. The van der Waals surface area contributed by atoms with E-state index in [1.165, 1.54) is 5.56 Å². The van der Waals surface area contributed by atoms with Crippen LogP contribution in [0.3, 0.4) is 0 Å². The van der Waals surface area contributed by atoms with Crippen molar-refractivity contribution in [3.8, 4) is 5.75 Å². The fraction of sp³-hybridized carbons (Fsp3) is 0.304. The Balaban J connectivity index is 1.70. The summed E-state index contributed by atoms with van der Waals surface area (Å²) in [5.74, 6) is 2.54. The minimum atomic E-state index is -0.187. The van der Waals surface area contributed by atoms with Gasteiger partial charge in [0.2, 0.25) is 0 Å². The number of rotatable bonds is 6. The number of aryl methyl sites for hydroxylation is 1. The van der Waals surface area contributed by atoms with Gasteiger partial charge in [0.1, 0.15) is 23.1 Å². The molecule has 3 aromatic rings. The van der Waals surface area contributed by atoms with Gasteiger partial charge in [0.15, 0.2) is 6.61 Å². The van der Waals surface area contributed by atoms with Crippen LogP contribution in [0.4, 0.5) is 5.82 Å². The second kappa shape index (κ2) is 8.30. The van der Waals surface area contributed by atoms with Gasteiger partial charge in [-0.15, -0.1) is 0 Å². The zero-order valence-corrected chi connectivity index (χ0v) is 16.8. The number of benzene rings is 1. The lowest BCUT2D eigenvalue weighted by molar-refractivity contribution is -0.120. The standard InChI is InChI=1S/C23H26N2O3/c1-17-8-11-20(28-17)15-25(21-7-5-6-14-24-21)22(26)16-27-19-12-9-18(10-13-19)23(2,3)4/h5-14H,15-16H2,1-4H3. The van der Waals surface area contributed by atoms with Crippen LogP contribution in [0.5, 0.6) is 5.75 Å². The van der Waals surface area contributed by atoms with Crippen molar-refractivity contribution in [1.29, 1.82) is 0 Å². The van der Waals surface area contributed by atoms with Gasteiger partial charge >= 0.3 is 0 Å². The number of hydrogen-bond donors (Lipinski definition) is 0. The van der Waals surface area contributed by atoms with Gasteiger partial charge < -0.3 is 9.15 Å². The number of nitrogens with zero attached hydrogens (tertiary/aromatic N) is 2. The molecule has 5 nitrogen and oxygen atoms in total. The van der Waals surface area contributed by atoms with E-state index in [0.717, 1.165) is 5.76 Å². The smallest absolute Gasteiger partial charge is 0.266 e. The number of carbonyl (C=O) groups is 1. The zero-order valence-electron chi connectivity index (χ0n) is 16.8. The van der Waals surface area contributed by atoms with Gasteiger partial charge in [0.25, 0.3) is 5.91 Å². The molecule has 0 aliphatic heterocycles. The summed E-state index contributed by atoms with van der Waals surface area (Å²) in [5.41, 5.74) is 1.29. The number of carbonyl (C=O) groups excluding carboxylic acids is 1. The SMILES string of the molecule is Cc1ccc(CN(C(=O)COc2ccc(C(C)(C)C)cc2)c2ccccn2)o1. The van der Waals surface area contributed by atoms with Gasteiger partial charge in [-0.2, -0.15) is 0 Å². The molecular weight excluding hydrogens is 352 g/mol. The Morgan fingerprint density at radius 1 is 1.07 bits per heavy atom. The molecule has 0 saturated heterocycles. The third kappa shape index (κ3) is 5.00. The molecule has 0 radical (unpaired) electrons. The van der Waals surface area contributed by atoms with Gasteiger partial charge in [-0.25, -0.2) is 4.98 Å². The highest BCUT2D eigenvalue weighted by Crippen LogP contribution is 2.24. The monoisotopic (exact) mass is 378 g/mol. The lowest BCUT2D eigenvalue weighted by Gasteiger charge is -2.21. The van der Waals surface area contributed by atoms with Crippen LogP contribution in [0.25, 0.3) is 0 Å². The van der Waals surface area contributed by atoms with Crippen LogP contribution in [0, 0.1) is 6.92 Å². The van der Waals surface area contributed by atoms with Crippen LogP contribution < -0.4 is 9.64 Å². The summed E-state index contributed by atoms with van der Waals surface area (Å²) in [6.07, 6.45) is 1.66. The normalized spacial score (nSPS) is 11.3. The van der Waals surface area contributed by atoms with Crippen LogP contribution >= 0.6 is 0 Å². The highest BCUT2D eigenvalue weighted by Gasteiger charge is 2.20. The van der Waals surface area contributed by atoms with Gasteiger partial charge in [-0.1, -0.05) is 39.0 Å². The minimum absolute atomic E-state index is 0.0747. The van der Waals surface area contributed by atoms with Crippen molar-refractivity contribution >= 4 is 11.7 Å². The Labute approximate surface area is 166 Å². The summed E-state index contributed by atoms with van der Waals surface area (Å²) in [7, 11) is 0. The molecule has 0 atom stereocenters. The molecule has 2 aromatic heterocycles. The summed E-state index contributed by atoms with van der Waals surface area (Å²) in [4.78, 5) is 18.7. The lowest BCUT2D eigenvalue weighted by atomic mass is 9.87. The molecule has 1 aromatic carbocycles. The first-order valence-electron chi connectivity index (χ1n) is 9.33. The Bertz CT molecular complexity index is 909. The number of pyridine rings is 1. The van der Waals surface area contributed by atoms with E-state index in [1.54, 1.807) is 17.2 Å². The molecular formula is C23H26N2O3. The van der Waals surface area contributed by atoms with Crippen molar-refractivity contribution in [2.45, 2.75) is 39.7 Å². The summed E-state index contributed by atoms with van der Waals surface area (Å²) in [6, 6.07) is 17.1. The Morgan fingerprint density at radius 3 is 2.39 bits per heavy atom. The predicted molar refractivity (Wildman–Crippen MR) is 110 cm³/mol. The molecule has 0 saturated carbocycles. The molecule has 0 unspecified atom stereocenters. The lowest BCUT2D eigenvalue weighted by Crippen LogP contribution is -2.35. The Hall–Kier alpha value is -3.08. The van der Waals surface area contributed by atoms with Crippen molar-refractivity contribution in [3.63, 3.8) is 0 Å². The van der Waals surface area contributed by atoms with Gasteiger partial charge in [0.05, 0.1) is 6.54 Å². The van der Waals surface area contributed by atoms with E-state index in [9.17, 15) is 4.79 Å². The van der Waals surface area contributed by atoms with E-state index in [1.807, 2.05) is 55.5 Å². The second-order valence-electron chi connectivity index (χ2n) is 7.74. The molecule has 28 heavy (non-hydrogen) atoms. The molecule has 0 aliphatic rings. The first-order valence-corrected chi connectivity index (χ1v) is 9.33. The first-order chi connectivity index (χ1) is 13.3. The van der Waals surface area contributed by atoms with Crippen molar-refractivity contribution in [2.24, 2.45) is 0 Å². The molecule has 146 valence electrons. The maximum atomic E-state index is 12.9. The Kier molecular flexibility index (Phi) is 5.83. The average molecular weight is 378 g/mol. The van der Waals surface area contributed by atoms with Gasteiger partial charge in [-0.05, 0) is 54.3 Å². The van der Waals surface area contributed by atoms with Crippen LogP contribution in [0.1, 0.15) is 37.9 Å². The van der Waals surface area contributed by atoms with E-state index < -0.39 is 0 Å². The topological polar surface area (TPSA) is 55.6 Å². The summed E-state index contributed by atoms with van der Waals surface area (Å²) >= 11 is 0. The summed E-state index contributed by atoms with van der Waals surface area (Å²) < 4.78 is 11.4. The van der Waals surface area contributed by atoms with Crippen LogP contribution in [-0.4, -0.2) is 17.5 Å². The third-order valence-electron chi connectivity index (χ3n) is 4.42. The van der Waals surface area contributed by atoms with E-state index in [-0.39, 0.29) is 17.9 Å². The number of anilines is 1. The molecule has 0 spiro atoms. The van der Waals surface area contributed by atoms with Gasteiger partial charge in [0, 0.05) is 6.20 Å². The van der Waals surface area contributed by atoms with Crippen LogP contribution in [0.15, 0.2) is 65.2 Å². The molecule has 0 fully saturated rings. The number of ether oxygens (including phenoxy) is 1. The fourth-order valence-electron chi connectivity index (χ4n) is 2.81. The first kappa shape index (κ1) is 19.7. The predicted octanol–water partition coefficient (Wildman–Crippen LogP) is 4.89. The third-order valence-corrected chi connectivity index (χ3v) is 4.42. The maximum absolute atomic E-state index is 12.9. The van der Waals surface area contributed by atoms with Crippen LogP contribution in [0.2, 0.25) is 0 Å². The second-order valence-corrected chi connectivity index (χ2v) is 7.74. The van der Waals surface area contributed by atoms with Crippen molar-refractivity contribution in [1.82, 2.24) is 4.98 Å². The molecule has 0 N–H and O–H groups in total. The fourth-order valence-corrected chi connectivity index (χ4v) is 2.81.